The number of terminal acetylenes is 3. The summed E-state index contributed by atoms with van der Waals surface area (Å²) in [5.41, 5.74) is 4.99. The molecule has 0 saturated heterocycles. The SMILES string of the molecule is C#C.C#C.C#C.C=CC.CC1(C)C(c2ccc(C(=O)O)cc2)=CC[C@@]2(C)C1CC[C@]1(C)C2CC[C@@H]2C3CCC[C@]3(NCc3ccc(F)cn3)CC[C@]21C. The van der Waals surface area contributed by atoms with E-state index in [9.17, 15) is 14.3 Å². The second kappa shape index (κ2) is 17.4. The Kier molecular flexibility index (Phi) is 14.2. The molecule has 5 heteroatoms. The molecule has 2 aromatic rings. The van der Waals surface area contributed by atoms with Gasteiger partial charge in [0, 0.05) is 12.1 Å². The van der Waals surface area contributed by atoms with E-state index in [1.54, 1.807) is 18.2 Å². The Hall–Kier alpha value is -4.11. The first kappa shape index (κ1) is 43.3. The van der Waals surface area contributed by atoms with Gasteiger partial charge in [-0.25, -0.2) is 9.18 Å². The first-order valence-corrected chi connectivity index (χ1v) is 19.2. The standard InChI is InChI=1S/C39H51FN2O2.C3H6.3C2H2/c1-35(2)29(25-8-10-26(11-9-25)34(43)44)16-19-36(3)32(35)17-20-38(5)33(36)15-14-30-31-7-6-18-39(31,22-21-37(30,38)4)42-24-28-13-12-27(40)23-41-28;1-3-2;3*1-2/h8-13,16,23,30-33,42H,6-7,14-15,17-22,24H2,1-5H3,(H,43,44);3H,1H2,2H3;3*1-2H/t30-,31?,32?,33?,36+,37-,38-,39+;;;;/m1..../s1. The quantitative estimate of drug-likeness (QED) is 0.239. The van der Waals surface area contributed by atoms with Crippen molar-refractivity contribution in [1.82, 2.24) is 10.3 Å². The maximum atomic E-state index is 13.5. The van der Waals surface area contributed by atoms with E-state index in [2.05, 4.69) is 96.1 Å². The molecule has 0 aliphatic heterocycles. The lowest BCUT2D eigenvalue weighted by Crippen LogP contribution is -2.67. The summed E-state index contributed by atoms with van der Waals surface area (Å²) in [4.78, 5) is 15.8. The molecule has 0 radical (unpaired) electrons. The van der Waals surface area contributed by atoms with Crippen molar-refractivity contribution >= 4 is 11.5 Å². The van der Waals surface area contributed by atoms with Gasteiger partial charge in [0.1, 0.15) is 5.82 Å². The fourth-order valence-electron chi connectivity index (χ4n) is 12.5. The second-order valence-electron chi connectivity index (χ2n) is 17.0. The van der Waals surface area contributed by atoms with Crippen molar-refractivity contribution in [3.63, 3.8) is 0 Å². The molecule has 53 heavy (non-hydrogen) atoms. The summed E-state index contributed by atoms with van der Waals surface area (Å²) >= 11 is 0. The molecule has 4 nitrogen and oxygen atoms in total. The number of benzene rings is 1. The Balaban J connectivity index is 0.000000777. The lowest BCUT2D eigenvalue weighted by molar-refractivity contribution is -0.217. The Morgan fingerprint density at radius 2 is 1.51 bits per heavy atom. The van der Waals surface area contributed by atoms with Crippen LogP contribution in [-0.2, 0) is 6.54 Å². The summed E-state index contributed by atoms with van der Waals surface area (Å²) < 4.78 is 13.5. The minimum Gasteiger partial charge on any atom is -0.478 e. The Bertz CT molecular complexity index is 1640. The van der Waals surface area contributed by atoms with E-state index in [0.29, 0.717) is 34.1 Å². The van der Waals surface area contributed by atoms with Gasteiger partial charge in [-0.2, -0.15) is 0 Å². The van der Waals surface area contributed by atoms with Crippen LogP contribution in [0.2, 0.25) is 0 Å². The topological polar surface area (TPSA) is 62.2 Å². The number of hydrogen-bond acceptors (Lipinski definition) is 3. The third kappa shape index (κ3) is 7.51. The van der Waals surface area contributed by atoms with Crippen molar-refractivity contribution in [3.8, 4) is 38.5 Å². The number of carbonyl (C=O) groups is 1. The van der Waals surface area contributed by atoms with Gasteiger partial charge in [-0.3, -0.25) is 4.98 Å². The van der Waals surface area contributed by atoms with E-state index < -0.39 is 5.97 Å². The molecule has 4 fully saturated rings. The molecule has 284 valence electrons. The molecule has 7 rings (SSSR count). The van der Waals surface area contributed by atoms with E-state index in [-0.39, 0.29) is 22.2 Å². The largest absolute Gasteiger partial charge is 0.478 e. The summed E-state index contributed by atoms with van der Waals surface area (Å²) in [5.74, 6) is 1.61. The summed E-state index contributed by atoms with van der Waals surface area (Å²) in [5, 5.41) is 13.5. The minimum atomic E-state index is -0.866. The average Bonchev–Trinajstić information content (AvgIpc) is 3.59. The van der Waals surface area contributed by atoms with Crippen molar-refractivity contribution in [2.45, 2.75) is 118 Å². The molecular formula is C48H63FN2O2. The van der Waals surface area contributed by atoms with Crippen molar-refractivity contribution < 1.29 is 14.3 Å². The van der Waals surface area contributed by atoms with Crippen LogP contribution in [0.15, 0.2) is 61.3 Å². The van der Waals surface area contributed by atoms with Gasteiger partial charge < -0.3 is 10.4 Å². The lowest BCUT2D eigenvalue weighted by Gasteiger charge is -2.72. The van der Waals surface area contributed by atoms with E-state index in [1.807, 2.05) is 25.1 Å². The molecule has 5 aliphatic rings. The third-order valence-electron chi connectivity index (χ3n) is 14.8. The summed E-state index contributed by atoms with van der Waals surface area (Å²) in [6.45, 7) is 18.9. The fraction of sp³-hybridized carbons (Fsp3) is 0.542. The highest BCUT2D eigenvalue weighted by Gasteiger charge is 2.69. The highest BCUT2D eigenvalue weighted by atomic mass is 19.1. The van der Waals surface area contributed by atoms with E-state index >= 15 is 0 Å². The van der Waals surface area contributed by atoms with Crippen LogP contribution in [0.3, 0.4) is 0 Å². The van der Waals surface area contributed by atoms with Crippen molar-refractivity contribution in [2.75, 3.05) is 0 Å². The van der Waals surface area contributed by atoms with Gasteiger partial charge in [0.2, 0.25) is 0 Å². The number of carboxylic acid groups (broad SMARTS) is 1. The number of fused-ring (bicyclic) bond motifs is 7. The van der Waals surface area contributed by atoms with Crippen molar-refractivity contribution in [3.05, 3.63) is 84.0 Å². The fourth-order valence-corrected chi connectivity index (χ4v) is 12.5. The van der Waals surface area contributed by atoms with Gasteiger partial charge in [0.05, 0.1) is 17.5 Å². The zero-order valence-electron chi connectivity index (χ0n) is 33.1. The van der Waals surface area contributed by atoms with E-state index in [4.69, 9.17) is 0 Å². The smallest absolute Gasteiger partial charge is 0.335 e. The van der Waals surface area contributed by atoms with Crippen molar-refractivity contribution in [2.24, 2.45) is 45.3 Å². The molecule has 0 bridgehead atoms. The van der Waals surface area contributed by atoms with Crippen LogP contribution in [0.25, 0.3) is 5.57 Å². The van der Waals surface area contributed by atoms with Crippen LogP contribution in [0.5, 0.6) is 0 Å². The number of carboxylic acids is 1. The molecule has 0 spiro atoms. The first-order valence-electron chi connectivity index (χ1n) is 19.2. The average molecular weight is 719 g/mol. The van der Waals surface area contributed by atoms with Gasteiger partial charge in [-0.05, 0) is 145 Å². The van der Waals surface area contributed by atoms with Crippen LogP contribution < -0.4 is 5.32 Å². The molecular weight excluding hydrogens is 656 g/mol. The molecule has 4 saturated carbocycles. The molecule has 1 aromatic carbocycles. The number of pyridine rings is 1. The van der Waals surface area contributed by atoms with E-state index in [1.165, 1.54) is 81.2 Å². The highest BCUT2D eigenvalue weighted by molar-refractivity contribution is 5.88. The maximum absolute atomic E-state index is 13.5. The number of aromatic carboxylic acids is 1. The van der Waals surface area contributed by atoms with Crippen LogP contribution in [0, 0.1) is 89.7 Å². The number of nitrogens with zero attached hydrogens (tertiary/aromatic N) is 1. The van der Waals surface area contributed by atoms with Gasteiger partial charge >= 0.3 is 5.97 Å². The number of halogens is 1. The minimum absolute atomic E-state index is 0.0301. The molecule has 3 unspecified atom stereocenters. The maximum Gasteiger partial charge on any atom is 0.335 e. The molecule has 1 aromatic heterocycles. The lowest BCUT2D eigenvalue weighted by atomic mass is 9.33. The van der Waals surface area contributed by atoms with Crippen LogP contribution in [0.1, 0.15) is 127 Å². The van der Waals surface area contributed by atoms with Gasteiger partial charge in [0.15, 0.2) is 0 Å². The molecule has 1 heterocycles. The molecule has 2 N–H and O–H groups in total. The number of rotatable bonds is 5. The normalized spacial score (nSPS) is 34.1. The van der Waals surface area contributed by atoms with Crippen LogP contribution in [-0.4, -0.2) is 21.6 Å². The summed E-state index contributed by atoms with van der Waals surface area (Å²) in [7, 11) is 0. The zero-order valence-corrected chi connectivity index (χ0v) is 33.1. The Morgan fingerprint density at radius 1 is 0.868 bits per heavy atom. The predicted molar refractivity (Wildman–Crippen MR) is 219 cm³/mol. The van der Waals surface area contributed by atoms with Gasteiger partial charge in [0.25, 0.3) is 0 Å². The number of allylic oxidation sites excluding steroid dienone is 3. The summed E-state index contributed by atoms with van der Waals surface area (Å²) in [6.07, 6.45) is 42.3. The van der Waals surface area contributed by atoms with Crippen LogP contribution >= 0.6 is 0 Å². The number of aromatic nitrogens is 1. The summed E-state index contributed by atoms with van der Waals surface area (Å²) in [6, 6.07) is 10.9. The van der Waals surface area contributed by atoms with Crippen LogP contribution in [0.4, 0.5) is 4.39 Å². The molecule has 5 aliphatic carbocycles. The second-order valence-corrected chi connectivity index (χ2v) is 17.0. The molecule has 8 atom stereocenters. The highest BCUT2D eigenvalue weighted by Crippen LogP contribution is 2.76. The van der Waals surface area contributed by atoms with Crippen molar-refractivity contribution in [1.29, 1.82) is 0 Å². The van der Waals surface area contributed by atoms with E-state index in [0.717, 1.165) is 24.6 Å². The van der Waals surface area contributed by atoms with Gasteiger partial charge in [-0.1, -0.05) is 65.3 Å². The number of hydrogen-bond donors (Lipinski definition) is 2. The molecule has 0 amide bonds. The number of nitrogens with one attached hydrogen (secondary N) is 1. The Morgan fingerprint density at radius 3 is 2.09 bits per heavy atom. The first-order chi connectivity index (χ1) is 25.3. The monoisotopic (exact) mass is 718 g/mol. The predicted octanol–water partition coefficient (Wildman–Crippen LogP) is 11.3. The zero-order chi connectivity index (χ0) is 39.8. The third-order valence-corrected chi connectivity index (χ3v) is 14.8. The Labute approximate surface area is 320 Å². The van der Waals surface area contributed by atoms with Gasteiger partial charge in [-0.15, -0.1) is 45.1 Å².